The third-order valence-corrected chi connectivity index (χ3v) is 3.44. The summed E-state index contributed by atoms with van der Waals surface area (Å²) in [5.74, 6) is 0.601. The molecule has 1 N–H and O–H groups in total. The van der Waals surface area contributed by atoms with E-state index < -0.39 is 0 Å². The molecule has 1 unspecified atom stereocenters. The Morgan fingerprint density at radius 1 is 1.61 bits per heavy atom. The maximum absolute atomic E-state index is 11.8. The fraction of sp³-hybridized carbons (Fsp3) is 0.333. The smallest absolute Gasteiger partial charge is 0.287 e. The van der Waals surface area contributed by atoms with E-state index in [1.54, 1.807) is 36.6 Å². The largest absolute Gasteiger partial charge is 0.454 e. The van der Waals surface area contributed by atoms with E-state index in [0.717, 1.165) is 9.88 Å². The van der Waals surface area contributed by atoms with Gasteiger partial charge >= 0.3 is 0 Å². The van der Waals surface area contributed by atoms with E-state index in [1.807, 2.05) is 6.92 Å². The molecule has 0 bridgehead atoms. The number of furan rings is 1. The molecule has 4 nitrogen and oxygen atoms in total. The van der Waals surface area contributed by atoms with Crippen molar-refractivity contribution in [3.05, 3.63) is 39.7 Å². The van der Waals surface area contributed by atoms with E-state index in [2.05, 4.69) is 10.3 Å². The topological polar surface area (TPSA) is 55.1 Å². The maximum Gasteiger partial charge on any atom is 0.287 e. The molecule has 0 saturated carbocycles. The predicted octanol–water partition coefficient (Wildman–Crippen LogP) is 3.27. The molecule has 2 aromatic heterocycles. The Morgan fingerprint density at radius 3 is 2.94 bits per heavy atom. The zero-order valence-corrected chi connectivity index (χ0v) is 11.6. The molecular weight excluding hydrogens is 272 g/mol. The van der Waals surface area contributed by atoms with Gasteiger partial charge in [-0.05, 0) is 26.0 Å². The Balaban J connectivity index is 1.95. The summed E-state index contributed by atoms with van der Waals surface area (Å²) in [6.45, 7) is 4.17. The number of halogens is 1. The number of alkyl halides is 1. The van der Waals surface area contributed by atoms with Crippen molar-refractivity contribution in [2.45, 2.75) is 25.8 Å². The number of thiazole rings is 1. The Kier molecular flexibility index (Phi) is 4.04. The molecule has 0 aliphatic heterocycles. The fourth-order valence-electron chi connectivity index (χ4n) is 1.41. The third-order valence-electron chi connectivity index (χ3n) is 2.31. The van der Waals surface area contributed by atoms with Crippen molar-refractivity contribution >= 4 is 28.8 Å². The minimum absolute atomic E-state index is 0.242. The predicted molar refractivity (Wildman–Crippen MR) is 71.0 cm³/mol. The summed E-state index contributed by atoms with van der Waals surface area (Å²) in [6.07, 6.45) is 1.78. The molecule has 0 aliphatic carbocycles. The van der Waals surface area contributed by atoms with Crippen molar-refractivity contribution in [2.75, 3.05) is 0 Å². The van der Waals surface area contributed by atoms with Crippen LogP contribution in [0.15, 0.2) is 22.7 Å². The van der Waals surface area contributed by atoms with Crippen molar-refractivity contribution < 1.29 is 9.21 Å². The minimum Gasteiger partial charge on any atom is -0.454 e. The van der Waals surface area contributed by atoms with Gasteiger partial charge in [0, 0.05) is 11.1 Å². The van der Waals surface area contributed by atoms with Crippen LogP contribution < -0.4 is 5.32 Å². The second kappa shape index (κ2) is 5.54. The molecule has 1 atom stereocenters. The standard InChI is InChI=1S/C12H13ClN2O2S/c1-7-5-14-11(18-7)6-15-12(16)10-4-3-9(17-10)8(2)13/h3-5,8H,6H2,1-2H3,(H,15,16). The lowest BCUT2D eigenvalue weighted by Crippen LogP contribution is -2.22. The average Bonchev–Trinajstić information content (AvgIpc) is 2.94. The van der Waals surface area contributed by atoms with Crippen LogP contribution in [0.3, 0.4) is 0 Å². The third kappa shape index (κ3) is 3.11. The Bertz CT molecular complexity index is 548. The van der Waals surface area contributed by atoms with E-state index in [-0.39, 0.29) is 17.0 Å². The summed E-state index contributed by atoms with van der Waals surface area (Å²) in [6, 6.07) is 3.33. The van der Waals surface area contributed by atoms with Crippen LogP contribution >= 0.6 is 22.9 Å². The van der Waals surface area contributed by atoms with Crippen LogP contribution in [0.5, 0.6) is 0 Å². The van der Waals surface area contributed by atoms with Crippen molar-refractivity contribution in [1.29, 1.82) is 0 Å². The number of rotatable bonds is 4. The number of aryl methyl sites for hydroxylation is 1. The lowest BCUT2D eigenvalue weighted by atomic mass is 10.3. The molecule has 6 heteroatoms. The number of nitrogens with one attached hydrogen (secondary N) is 1. The average molecular weight is 285 g/mol. The highest BCUT2D eigenvalue weighted by Gasteiger charge is 2.13. The molecule has 0 saturated heterocycles. The molecule has 0 aliphatic rings. The zero-order valence-electron chi connectivity index (χ0n) is 10.1. The van der Waals surface area contributed by atoms with Crippen molar-refractivity contribution in [2.24, 2.45) is 0 Å². The molecule has 0 radical (unpaired) electrons. The lowest BCUT2D eigenvalue weighted by molar-refractivity contribution is 0.0921. The zero-order chi connectivity index (χ0) is 13.1. The van der Waals surface area contributed by atoms with Crippen LogP contribution in [0.4, 0.5) is 0 Å². The van der Waals surface area contributed by atoms with Crippen molar-refractivity contribution in [3.63, 3.8) is 0 Å². The summed E-state index contributed by atoms with van der Waals surface area (Å²) in [5.41, 5.74) is 0. The fourth-order valence-corrected chi connectivity index (χ4v) is 2.26. The number of hydrogen-bond donors (Lipinski definition) is 1. The number of aromatic nitrogens is 1. The molecule has 1 amide bonds. The van der Waals surface area contributed by atoms with E-state index in [1.165, 1.54) is 0 Å². The van der Waals surface area contributed by atoms with Gasteiger partial charge in [-0.1, -0.05) is 0 Å². The summed E-state index contributed by atoms with van der Waals surface area (Å²) in [5, 5.41) is 3.38. The van der Waals surface area contributed by atoms with Gasteiger partial charge in [0.2, 0.25) is 0 Å². The number of nitrogens with zero attached hydrogens (tertiary/aromatic N) is 1. The molecule has 2 heterocycles. The van der Waals surface area contributed by atoms with E-state index >= 15 is 0 Å². The Hall–Kier alpha value is -1.33. The molecular formula is C12H13ClN2O2S. The van der Waals surface area contributed by atoms with Gasteiger partial charge in [-0.3, -0.25) is 4.79 Å². The van der Waals surface area contributed by atoms with Gasteiger partial charge in [0.05, 0.1) is 11.9 Å². The lowest BCUT2D eigenvalue weighted by Gasteiger charge is -2.00. The molecule has 0 fully saturated rings. The van der Waals surface area contributed by atoms with Gasteiger partial charge < -0.3 is 9.73 Å². The normalized spacial score (nSPS) is 12.4. The highest BCUT2D eigenvalue weighted by molar-refractivity contribution is 7.11. The first kappa shape index (κ1) is 13.1. The number of amides is 1. The Labute approximate surface area is 114 Å². The summed E-state index contributed by atoms with van der Waals surface area (Å²) in [4.78, 5) is 17.1. The second-order valence-electron chi connectivity index (χ2n) is 3.87. The first-order chi connectivity index (χ1) is 8.56. The monoisotopic (exact) mass is 284 g/mol. The molecule has 0 aromatic carbocycles. The highest BCUT2D eigenvalue weighted by atomic mass is 35.5. The van der Waals surface area contributed by atoms with Crippen LogP contribution in [0.2, 0.25) is 0 Å². The molecule has 96 valence electrons. The van der Waals surface area contributed by atoms with Crippen molar-refractivity contribution in [3.8, 4) is 0 Å². The van der Waals surface area contributed by atoms with E-state index in [4.69, 9.17) is 16.0 Å². The summed E-state index contributed by atoms with van der Waals surface area (Å²) >= 11 is 7.42. The van der Waals surface area contributed by atoms with Gasteiger partial charge in [0.15, 0.2) is 5.76 Å². The summed E-state index contributed by atoms with van der Waals surface area (Å²) in [7, 11) is 0. The van der Waals surface area contributed by atoms with Gasteiger partial charge in [-0.2, -0.15) is 0 Å². The van der Waals surface area contributed by atoms with Crippen LogP contribution in [0.25, 0.3) is 0 Å². The first-order valence-electron chi connectivity index (χ1n) is 5.49. The molecule has 2 rings (SSSR count). The number of carbonyl (C=O) groups excluding carboxylic acids is 1. The van der Waals surface area contributed by atoms with Crippen LogP contribution in [-0.2, 0) is 6.54 Å². The van der Waals surface area contributed by atoms with Gasteiger partial charge in [-0.25, -0.2) is 4.98 Å². The first-order valence-corrected chi connectivity index (χ1v) is 6.75. The maximum atomic E-state index is 11.8. The molecule has 2 aromatic rings. The SMILES string of the molecule is Cc1cnc(CNC(=O)c2ccc(C(C)Cl)o2)s1. The van der Waals surface area contributed by atoms with E-state index in [0.29, 0.717) is 12.3 Å². The number of hydrogen-bond acceptors (Lipinski definition) is 4. The molecule has 18 heavy (non-hydrogen) atoms. The molecule has 0 spiro atoms. The van der Waals surface area contributed by atoms with Crippen molar-refractivity contribution in [1.82, 2.24) is 10.3 Å². The highest BCUT2D eigenvalue weighted by Crippen LogP contribution is 2.21. The van der Waals surface area contributed by atoms with Gasteiger partial charge in [-0.15, -0.1) is 22.9 Å². The van der Waals surface area contributed by atoms with Crippen LogP contribution in [-0.4, -0.2) is 10.9 Å². The number of carbonyl (C=O) groups is 1. The van der Waals surface area contributed by atoms with E-state index in [9.17, 15) is 4.79 Å². The summed E-state index contributed by atoms with van der Waals surface area (Å²) < 4.78 is 5.34. The van der Waals surface area contributed by atoms with Crippen LogP contribution in [0.1, 0.15) is 38.5 Å². The Morgan fingerprint density at radius 2 is 2.39 bits per heavy atom. The minimum atomic E-state index is -0.258. The van der Waals surface area contributed by atoms with Gasteiger partial charge in [0.25, 0.3) is 5.91 Å². The quantitative estimate of drug-likeness (QED) is 0.877. The second-order valence-corrected chi connectivity index (χ2v) is 5.84. The van der Waals surface area contributed by atoms with Gasteiger partial charge in [0.1, 0.15) is 10.8 Å². The van der Waals surface area contributed by atoms with Crippen LogP contribution in [0, 0.1) is 6.92 Å².